The van der Waals surface area contributed by atoms with Crippen LogP contribution in [0.5, 0.6) is 0 Å². The highest BCUT2D eigenvalue weighted by Gasteiger charge is 2.33. The summed E-state index contributed by atoms with van der Waals surface area (Å²) in [5, 5.41) is 6.97. The lowest BCUT2D eigenvalue weighted by atomic mass is 9.95. The van der Waals surface area contributed by atoms with E-state index in [0.29, 0.717) is 54.2 Å². The molecule has 10 heteroatoms. The predicted molar refractivity (Wildman–Crippen MR) is 116 cm³/mol. The summed E-state index contributed by atoms with van der Waals surface area (Å²) in [6.07, 6.45) is 0.670. The molecule has 5 rings (SSSR count). The lowest BCUT2D eigenvalue weighted by Crippen LogP contribution is -2.46. The Labute approximate surface area is 181 Å². The molecule has 0 spiro atoms. The van der Waals surface area contributed by atoms with Crippen molar-refractivity contribution in [3.8, 4) is 0 Å². The molecule has 32 heavy (non-hydrogen) atoms. The molecule has 0 atom stereocenters. The van der Waals surface area contributed by atoms with Gasteiger partial charge in [0.1, 0.15) is 22.9 Å². The van der Waals surface area contributed by atoms with E-state index < -0.39 is 22.7 Å². The minimum absolute atomic E-state index is 0.239. The minimum atomic E-state index is -4.49. The number of hydrogen-bond acceptors (Lipinski definition) is 7. The summed E-state index contributed by atoms with van der Waals surface area (Å²) >= 11 is 0. The van der Waals surface area contributed by atoms with Crippen molar-refractivity contribution in [2.75, 3.05) is 35.2 Å². The van der Waals surface area contributed by atoms with Crippen molar-refractivity contribution in [3.05, 3.63) is 50.5 Å². The standard InChI is InChI=1S/C22H22F3N5O2/c23-22(24,25)16-4-3-14-15(29-16)5-8-26-21(14)27-11-12-6-9-30(10-7-12)18-17(19(31)20(18)32)28-13-1-2-13/h3-5,8,12-13,28H,1-2,6-7,9-11H2,(H,26,27). The first-order chi connectivity index (χ1) is 15.3. The Morgan fingerprint density at radius 1 is 1.03 bits per heavy atom. The molecule has 0 radical (unpaired) electrons. The topological polar surface area (TPSA) is 87.2 Å². The third-order valence-electron chi connectivity index (χ3n) is 6.21. The molecule has 7 nitrogen and oxygen atoms in total. The number of piperidine rings is 1. The molecule has 3 aromatic rings. The quantitative estimate of drug-likeness (QED) is 0.564. The fourth-order valence-corrected chi connectivity index (χ4v) is 4.20. The number of halogens is 3. The molecule has 2 aromatic heterocycles. The van der Waals surface area contributed by atoms with Gasteiger partial charge in [-0.3, -0.25) is 9.59 Å². The smallest absolute Gasteiger partial charge is 0.377 e. The van der Waals surface area contributed by atoms with Crippen LogP contribution in [-0.2, 0) is 6.18 Å². The molecule has 0 amide bonds. The number of anilines is 3. The van der Waals surface area contributed by atoms with Crippen molar-refractivity contribution in [2.24, 2.45) is 5.92 Å². The van der Waals surface area contributed by atoms with Crippen LogP contribution in [-0.4, -0.2) is 35.6 Å². The molecule has 1 aromatic carbocycles. The molecule has 2 fully saturated rings. The summed E-state index contributed by atoms with van der Waals surface area (Å²) in [7, 11) is 0. The number of alkyl halides is 3. The minimum Gasteiger partial charge on any atom is -0.377 e. The lowest BCUT2D eigenvalue weighted by molar-refractivity contribution is -0.140. The average Bonchev–Trinajstić information content (AvgIpc) is 3.61. The number of fused-ring (bicyclic) bond motifs is 1. The van der Waals surface area contributed by atoms with Crippen molar-refractivity contribution < 1.29 is 13.2 Å². The maximum atomic E-state index is 12.9. The Bertz CT molecular complexity index is 1220. The van der Waals surface area contributed by atoms with Crippen LogP contribution in [0.15, 0.2) is 34.0 Å². The van der Waals surface area contributed by atoms with Crippen LogP contribution >= 0.6 is 0 Å². The summed E-state index contributed by atoms with van der Waals surface area (Å²) < 4.78 is 38.7. The molecule has 1 aliphatic heterocycles. The Kier molecular flexibility index (Phi) is 5.02. The van der Waals surface area contributed by atoms with E-state index in [1.165, 1.54) is 18.3 Å². The summed E-state index contributed by atoms with van der Waals surface area (Å²) in [6.45, 7) is 1.96. The van der Waals surface area contributed by atoms with Gasteiger partial charge in [-0.1, -0.05) is 0 Å². The van der Waals surface area contributed by atoms with Crippen LogP contribution in [0.2, 0.25) is 0 Å². The molecule has 168 valence electrons. The van der Waals surface area contributed by atoms with Crippen molar-refractivity contribution >= 4 is 28.1 Å². The van der Waals surface area contributed by atoms with Crippen LogP contribution in [0, 0.1) is 5.92 Å². The monoisotopic (exact) mass is 445 g/mol. The average molecular weight is 445 g/mol. The highest BCUT2D eigenvalue weighted by Crippen LogP contribution is 2.32. The fraction of sp³-hybridized carbons (Fsp3) is 0.455. The van der Waals surface area contributed by atoms with Gasteiger partial charge in [-0.15, -0.1) is 0 Å². The van der Waals surface area contributed by atoms with Gasteiger partial charge in [-0.25, -0.2) is 9.97 Å². The molecule has 0 bridgehead atoms. The normalized spacial score (nSPS) is 17.8. The number of nitrogens with zero attached hydrogens (tertiary/aromatic N) is 3. The van der Waals surface area contributed by atoms with E-state index in [0.717, 1.165) is 31.7 Å². The van der Waals surface area contributed by atoms with Gasteiger partial charge in [0.05, 0.1) is 5.52 Å². The number of pyridine rings is 2. The van der Waals surface area contributed by atoms with Gasteiger partial charge in [-0.05, 0) is 49.8 Å². The Hall–Kier alpha value is -3.17. The van der Waals surface area contributed by atoms with Gasteiger partial charge >= 0.3 is 6.18 Å². The molecule has 1 aliphatic carbocycles. The molecule has 1 saturated carbocycles. The number of nitrogens with one attached hydrogen (secondary N) is 2. The highest BCUT2D eigenvalue weighted by atomic mass is 19.4. The van der Waals surface area contributed by atoms with Gasteiger partial charge < -0.3 is 15.5 Å². The van der Waals surface area contributed by atoms with E-state index >= 15 is 0 Å². The first kappa shape index (κ1) is 20.7. The lowest BCUT2D eigenvalue weighted by Gasteiger charge is -2.35. The van der Waals surface area contributed by atoms with Gasteiger partial charge in [0, 0.05) is 37.3 Å². The van der Waals surface area contributed by atoms with Crippen LogP contribution in [0.4, 0.5) is 30.4 Å². The van der Waals surface area contributed by atoms with Gasteiger partial charge in [0.2, 0.25) is 0 Å². The highest BCUT2D eigenvalue weighted by molar-refractivity contribution is 5.89. The fourth-order valence-electron chi connectivity index (χ4n) is 4.20. The van der Waals surface area contributed by atoms with Crippen molar-refractivity contribution in [2.45, 2.75) is 37.9 Å². The van der Waals surface area contributed by atoms with Crippen molar-refractivity contribution in [3.63, 3.8) is 0 Å². The zero-order valence-electron chi connectivity index (χ0n) is 17.2. The second-order valence-electron chi connectivity index (χ2n) is 8.53. The molecular weight excluding hydrogens is 423 g/mol. The SMILES string of the molecule is O=c1c(NC2CC2)c(N2CCC(CNc3nccc4nc(C(F)(F)F)ccc34)CC2)c1=O. The maximum Gasteiger partial charge on any atom is 0.433 e. The Morgan fingerprint density at radius 2 is 1.78 bits per heavy atom. The summed E-state index contributed by atoms with van der Waals surface area (Å²) in [5.74, 6) is 0.821. The van der Waals surface area contributed by atoms with E-state index in [9.17, 15) is 22.8 Å². The third kappa shape index (κ3) is 3.89. The van der Waals surface area contributed by atoms with Crippen LogP contribution < -0.4 is 26.4 Å². The summed E-state index contributed by atoms with van der Waals surface area (Å²) in [4.78, 5) is 34.0. The van der Waals surface area contributed by atoms with E-state index in [2.05, 4.69) is 20.6 Å². The number of aromatic nitrogens is 2. The first-order valence-corrected chi connectivity index (χ1v) is 10.7. The molecule has 0 unspecified atom stereocenters. The van der Waals surface area contributed by atoms with Gasteiger partial charge in [0.15, 0.2) is 0 Å². The summed E-state index contributed by atoms with van der Waals surface area (Å²) in [6, 6.07) is 4.13. The zero-order chi connectivity index (χ0) is 22.5. The van der Waals surface area contributed by atoms with Crippen molar-refractivity contribution in [1.29, 1.82) is 0 Å². The van der Waals surface area contributed by atoms with Crippen molar-refractivity contribution in [1.82, 2.24) is 9.97 Å². The van der Waals surface area contributed by atoms with Crippen LogP contribution in [0.25, 0.3) is 10.9 Å². The Balaban J connectivity index is 1.21. The predicted octanol–water partition coefficient (Wildman–Crippen LogP) is 3.15. The maximum absolute atomic E-state index is 12.9. The number of rotatable bonds is 6. The molecule has 2 N–H and O–H groups in total. The molecular formula is C22H22F3N5O2. The van der Waals surface area contributed by atoms with E-state index in [4.69, 9.17) is 0 Å². The molecule has 2 aliphatic rings. The third-order valence-corrected chi connectivity index (χ3v) is 6.21. The molecule has 3 heterocycles. The van der Waals surface area contributed by atoms with Crippen LogP contribution in [0.1, 0.15) is 31.4 Å². The second kappa shape index (κ2) is 7.75. The zero-order valence-corrected chi connectivity index (χ0v) is 17.2. The largest absolute Gasteiger partial charge is 0.433 e. The van der Waals surface area contributed by atoms with Gasteiger partial charge in [-0.2, -0.15) is 13.2 Å². The van der Waals surface area contributed by atoms with E-state index in [1.54, 1.807) is 0 Å². The van der Waals surface area contributed by atoms with Gasteiger partial charge in [0.25, 0.3) is 10.9 Å². The molecule has 1 saturated heterocycles. The summed E-state index contributed by atoms with van der Waals surface area (Å²) in [5.41, 5.74) is -0.517. The first-order valence-electron chi connectivity index (χ1n) is 10.7. The van der Waals surface area contributed by atoms with Crippen LogP contribution in [0.3, 0.4) is 0 Å². The van der Waals surface area contributed by atoms with E-state index in [-0.39, 0.29) is 5.52 Å². The Morgan fingerprint density at radius 3 is 2.47 bits per heavy atom. The second-order valence-corrected chi connectivity index (χ2v) is 8.53. The number of hydrogen-bond donors (Lipinski definition) is 2. The van der Waals surface area contributed by atoms with E-state index in [1.807, 2.05) is 4.90 Å².